The van der Waals surface area contributed by atoms with E-state index in [4.69, 9.17) is 16.1 Å². The Bertz CT molecular complexity index is 710. The first-order valence-corrected chi connectivity index (χ1v) is 6.55. The van der Waals surface area contributed by atoms with Crippen LogP contribution in [0, 0.1) is 0 Å². The van der Waals surface area contributed by atoms with Crippen LogP contribution in [0.2, 0.25) is 0 Å². The second-order valence-corrected chi connectivity index (χ2v) is 4.75. The second kappa shape index (κ2) is 4.97. The highest BCUT2D eigenvalue weighted by Gasteiger charge is 2.15. The average Bonchev–Trinajstić information content (AvgIpc) is 2.95. The number of fused-ring (bicyclic) bond motifs is 1. The van der Waals surface area contributed by atoms with Gasteiger partial charge in [0.1, 0.15) is 5.69 Å². The Morgan fingerprint density at radius 2 is 2.00 bits per heavy atom. The van der Waals surface area contributed by atoms with Crippen LogP contribution in [0.5, 0.6) is 0 Å². The van der Waals surface area contributed by atoms with E-state index in [9.17, 15) is 0 Å². The van der Waals surface area contributed by atoms with Crippen molar-refractivity contribution in [2.24, 2.45) is 0 Å². The van der Waals surface area contributed by atoms with Crippen LogP contribution in [0.25, 0.3) is 22.5 Å². The van der Waals surface area contributed by atoms with Gasteiger partial charge in [0.2, 0.25) is 0 Å². The molecular formula is C14H12ClN3O. The molecule has 1 unspecified atom stereocenters. The van der Waals surface area contributed by atoms with Crippen LogP contribution in [-0.2, 0) is 0 Å². The molecule has 0 aliphatic carbocycles. The third kappa shape index (κ3) is 2.31. The molecule has 2 heterocycles. The smallest absolute Gasteiger partial charge is 0.276 e. The SMILES string of the molecule is CCC(Cl)c1noc(-c2ccc3ccccc3n2)n1. The molecule has 0 N–H and O–H groups in total. The molecule has 96 valence electrons. The summed E-state index contributed by atoms with van der Waals surface area (Å²) in [7, 11) is 0. The molecule has 3 rings (SSSR count). The van der Waals surface area contributed by atoms with E-state index in [1.54, 1.807) is 0 Å². The van der Waals surface area contributed by atoms with Gasteiger partial charge in [-0.2, -0.15) is 4.98 Å². The van der Waals surface area contributed by atoms with Gasteiger partial charge in [0.05, 0.1) is 10.9 Å². The summed E-state index contributed by atoms with van der Waals surface area (Å²) in [5, 5.41) is 4.74. The van der Waals surface area contributed by atoms with Crippen LogP contribution in [-0.4, -0.2) is 15.1 Å². The van der Waals surface area contributed by atoms with Gasteiger partial charge in [-0.3, -0.25) is 0 Å². The summed E-state index contributed by atoms with van der Waals surface area (Å²) >= 11 is 6.08. The second-order valence-electron chi connectivity index (χ2n) is 4.22. The summed E-state index contributed by atoms with van der Waals surface area (Å²) in [4.78, 5) is 8.79. The molecule has 0 aliphatic heterocycles. The zero-order valence-corrected chi connectivity index (χ0v) is 11.1. The van der Waals surface area contributed by atoms with Crippen molar-refractivity contribution < 1.29 is 4.52 Å². The van der Waals surface area contributed by atoms with E-state index in [0.29, 0.717) is 17.4 Å². The van der Waals surface area contributed by atoms with E-state index >= 15 is 0 Å². The normalized spacial score (nSPS) is 12.7. The predicted octanol–water partition coefficient (Wildman–Crippen LogP) is 3.97. The minimum atomic E-state index is -0.224. The number of para-hydroxylation sites is 1. The molecule has 0 amide bonds. The van der Waals surface area contributed by atoms with Gasteiger partial charge in [-0.15, -0.1) is 11.6 Å². The number of rotatable bonds is 3. The third-order valence-electron chi connectivity index (χ3n) is 2.90. The van der Waals surface area contributed by atoms with E-state index in [2.05, 4.69) is 15.1 Å². The molecule has 2 aromatic heterocycles. The first-order chi connectivity index (χ1) is 9.28. The van der Waals surface area contributed by atoms with Gasteiger partial charge in [0.25, 0.3) is 5.89 Å². The molecule has 0 radical (unpaired) electrons. The maximum Gasteiger partial charge on any atom is 0.276 e. The number of pyridine rings is 1. The highest BCUT2D eigenvalue weighted by molar-refractivity contribution is 6.20. The molecule has 0 spiro atoms. The number of benzene rings is 1. The third-order valence-corrected chi connectivity index (χ3v) is 3.40. The van der Waals surface area contributed by atoms with E-state index in [1.165, 1.54) is 0 Å². The lowest BCUT2D eigenvalue weighted by molar-refractivity contribution is 0.420. The minimum absolute atomic E-state index is 0.224. The van der Waals surface area contributed by atoms with E-state index in [-0.39, 0.29) is 5.38 Å². The summed E-state index contributed by atoms with van der Waals surface area (Å²) < 4.78 is 5.21. The van der Waals surface area contributed by atoms with Crippen molar-refractivity contribution in [2.45, 2.75) is 18.7 Å². The highest BCUT2D eigenvalue weighted by Crippen LogP contribution is 2.24. The maximum atomic E-state index is 6.08. The molecule has 19 heavy (non-hydrogen) atoms. The van der Waals surface area contributed by atoms with Crippen LogP contribution >= 0.6 is 11.6 Å². The Kier molecular flexibility index (Phi) is 3.17. The van der Waals surface area contributed by atoms with E-state index in [1.807, 2.05) is 43.3 Å². The minimum Gasteiger partial charge on any atom is -0.332 e. The van der Waals surface area contributed by atoms with Gasteiger partial charge in [0, 0.05) is 5.39 Å². The monoisotopic (exact) mass is 273 g/mol. The predicted molar refractivity (Wildman–Crippen MR) is 73.9 cm³/mol. The first kappa shape index (κ1) is 12.1. The Hall–Kier alpha value is -1.94. The molecule has 0 aliphatic rings. The lowest BCUT2D eigenvalue weighted by atomic mass is 10.2. The fourth-order valence-electron chi connectivity index (χ4n) is 1.83. The van der Waals surface area contributed by atoms with Crippen LogP contribution in [0.4, 0.5) is 0 Å². The topological polar surface area (TPSA) is 51.8 Å². The lowest BCUT2D eigenvalue weighted by Crippen LogP contribution is -1.91. The van der Waals surface area contributed by atoms with Crippen molar-refractivity contribution in [3.05, 3.63) is 42.2 Å². The number of nitrogens with zero attached hydrogens (tertiary/aromatic N) is 3. The Labute approximate surface area is 115 Å². The van der Waals surface area contributed by atoms with E-state index < -0.39 is 0 Å². The Morgan fingerprint density at radius 1 is 1.16 bits per heavy atom. The van der Waals surface area contributed by atoms with Gasteiger partial charge >= 0.3 is 0 Å². The van der Waals surface area contributed by atoms with Gasteiger partial charge in [-0.25, -0.2) is 4.98 Å². The molecule has 0 saturated carbocycles. The van der Waals surface area contributed by atoms with Crippen molar-refractivity contribution >= 4 is 22.5 Å². The first-order valence-electron chi connectivity index (χ1n) is 6.12. The largest absolute Gasteiger partial charge is 0.332 e. The van der Waals surface area contributed by atoms with Gasteiger partial charge in [0.15, 0.2) is 5.82 Å². The number of aromatic nitrogens is 3. The number of halogens is 1. The quantitative estimate of drug-likeness (QED) is 0.678. The zero-order chi connectivity index (χ0) is 13.2. The summed E-state index contributed by atoms with van der Waals surface area (Å²) in [6.45, 7) is 1.97. The van der Waals surface area contributed by atoms with Crippen LogP contribution in [0.15, 0.2) is 40.9 Å². The molecule has 1 aromatic carbocycles. The van der Waals surface area contributed by atoms with Crippen molar-refractivity contribution in [2.75, 3.05) is 0 Å². The molecule has 0 fully saturated rings. The molecule has 5 heteroatoms. The lowest BCUT2D eigenvalue weighted by Gasteiger charge is -1.98. The Morgan fingerprint density at radius 3 is 2.84 bits per heavy atom. The molecular weight excluding hydrogens is 262 g/mol. The molecule has 0 saturated heterocycles. The summed E-state index contributed by atoms with van der Waals surface area (Å²) in [6.07, 6.45) is 0.756. The number of hydrogen-bond acceptors (Lipinski definition) is 4. The zero-order valence-electron chi connectivity index (χ0n) is 10.4. The highest BCUT2D eigenvalue weighted by atomic mass is 35.5. The molecule has 3 aromatic rings. The van der Waals surface area contributed by atoms with E-state index in [0.717, 1.165) is 17.3 Å². The van der Waals surface area contributed by atoms with Crippen molar-refractivity contribution in [1.82, 2.24) is 15.1 Å². The summed E-state index contributed by atoms with van der Waals surface area (Å²) in [6, 6.07) is 11.7. The van der Waals surface area contributed by atoms with Gasteiger partial charge in [-0.1, -0.05) is 36.3 Å². The molecule has 1 atom stereocenters. The van der Waals surface area contributed by atoms with Crippen molar-refractivity contribution in [3.8, 4) is 11.6 Å². The van der Waals surface area contributed by atoms with Crippen LogP contribution in [0.1, 0.15) is 24.5 Å². The van der Waals surface area contributed by atoms with Crippen LogP contribution < -0.4 is 0 Å². The fraction of sp³-hybridized carbons (Fsp3) is 0.214. The van der Waals surface area contributed by atoms with Crippen molar-refractivity contribution in [1.29, 1.82) is 0 Å². The number of hydrogen-bond donors (Lipinski definition) is 0. The number of alkyl halides is 1. The fourth-order valence-corrected chi connectivity index (χ4v) is 1.92. The van der Waals surface area contributed by atoms with Gasteiger partial charge in [-0.05, 0) is 18.6 Å². The maximum absolute atomic E-state index is 6.08. The summed E-state index contributed by atoms with van der Waals surface area (Å²) in [5.41, 5.74) is 1.56. The molecule has 4 nitrogen and oxygen atoms in total. The summed E-state index contributed by atoms with van der Waals surface area (Å²) in [5.74, 6) is 0.911. The molecule has 0 bridgehead atoms. The average molecular weight is 274 g/mol. The van der Waals surface area contributed by atoms with Crippen molar-refractivity contribution in [3.63, 3.8) is 0 Å². The Balaban J connectivity index is 2.01. The van der Waals surface area contributed by atoms with Gasteiger partial charge < -0.3 is 4.52 Å². The standard InChI is InChI=1S/C14H12ClN3O/c1-2-10(15)13-17-14(19-18-13)12-8-7-9-5-3-4-6-11(9)16-12/h3-8,10H,2H2,1H3. The van der Waals surface area contributed by atoms with Crippen LogP contribution in [0.3, 0.4) is 0 Å².